The molecule has 2 rings (SSSR count). The fraction of sp³-hybridized carbons (Fsp3) is 0.412. The van der Waals surface area contributed by atoms with E-state index in [9.17, 15) is 14.7 Å². The molecule has 0 spiro atoms. The lowest BCUT2D eigenvalue weighted by molar-refractivity contribution is -0.129. The zero-order chi connectivity index (χ0) is 17.9. The van der Waals surface area contributed by atoms with Crippen molar-refractivity contribution in [3.05, 3.63) is 41.1 Å². The van der Waals surface area contributed by atoms with Crippen molar-refractivity contribution in [2.45, 2.75) is 26.3 Å². The van der Waals surface area contributed by atoms with Crippen LogP contribution in [-0.2, 0) is 9.59 Å². The third kappa shape index (κ3) is 4.07. The summed E-state index contributed by atoms with van der Waals surface area (Å²) in [5.41, 5.74) is 6.19. The molecule has 1 aromatic carbocycles. The van der Waals surface area contributed by atoms with Crippen LogP contribution in [0.3, 0.4) is 0 Å². The monoisotopic (exact) mass is 351 g/mol. The van der Waals surface area contributed by atoms with E-state index in [2.05, 4.69) is 5.32 Å². The van der Waals surface area contributed by atoms with Gasteiger partial charge in [0.05, 0.1) is 6.61 Å². The number of aliphatic hydroxyl groups excluding tert-OH is 1. The first kappa shape index (κ1) is 18.3. The number of nitrogens with two attached hydrogens (primary N) is 1. The van der Waals surface area contributed by atoms with Crippen molar-refractivity contribution in [1.29, 1.82) is 0 Å². The number of nitrogens with one attached hydrogen (secondary N) is 1. The highest BCUT2D eigenvalue weighted by Crippen LogP contribution is 2.27. The Morgan fingerprint density at radius 2 is 2.04 bits per heavy atom. The molecule has 0 unspecified atom stereocenters. The van der Waals surface area contributed by atoms with Crippen LogP contribution in [0.2, 0.25) is 5.02 Å². The number of carbonyl (C=O) groups excluding carboxylic acids is 2. The molecule has 1 aromatic rings. The molecule has 1 heterocycles. The van der Waals surface area contributed by atoms with Crippen LogP contribution < -0.4 is 16.0 Å². The minimum absolute atomic E-state index is 0.191. The molecule has 0 aromatic heterocycles. The summed E-state index contributed by atoms with van der Waals surface area (Å²) in [7, 11) is 0. The van der Waals surface area contributed by atoms with Gasteiger partial charge in [0.2, 0.25) is 5.91 Å². The van der Waals surface area contributed by atoms with E-state index in [1.54, 1.807) is 26.0 Å². The van der Waals surface area contributed by atoms with Crippen LogP contribution in [0.15, 0.2) is 36.0 Å². The third-order valence-corrected chi connectivity index (χ3v) is 4.44. The predicted molar refractivity (Wildman–Crippen MR) is 93.5 cm³/mol. The van der Waals surface area contributed by atoms with Gasteiger partial charge in [0.15, 0.2) is 0 Å². The van der Waals surface area contributed by atoms with E-state index in [0.29, 0.717) is 11.4 Å². The van der Waals surface area contributed by atoms with E-state index in [0.717, 1.165) is 18.3 Å². The van der Waals surface area contributed by atoms with Gasteiger partial charge >= 0.3 is 0 Å². The Bertz CT molecular complexity index is 656. The number of halogens is 1. The zero-order valence-corrected chi connectivity index (χ0v) is 14.5. The molecular formula is C17H22ClN3O3. The first-order valence-corrected chi connectivity index (χ1v) is 8.08. The minimum atomic E-state index is -0.716. The lowest BCUT2D eigenvalue weighted by atomic mass is 9.90. The quantitative estimate of drug-likeness (QED) is 0.697. The summed E-state index contributed by atoms with van der Waals surface area (Å²) in [6, 6.07) is 6.80. The summed E-state index contributed by atoms with van der Waals surface area (Å²) in [4.78, 5) is 26.1. The van der Waals surface area contributed by atoms with E-state index in [1.807, 2.05) is 17.0 Å². The van der Waals surface area contributed by atoms with Gasteiger partial charge in [-0.3, -0.25) is 14.9 Å². The van der Waals surface area contributed by atoms with Crippen LogP contribution in [0, 0.1) is 5.41 Å². The molecule has 24 heavy (non-hydrogen) atoms. The Labute approximate surface area is 146 Å². The molecular weight excluding hydrogens is 330 g/mol. The number of nitrogens with zero attached hydrogens (tertiary/aromatic N) is 1. The Morgan fingerprint density at radius 3 is 2.54 bits per heavy atom. The molecule has 1 atom stereocenters. The van der Waals surface area contributed by atoms with E-state index in [1.165, 1.54) is 0 Å². The summed E-state index contributed by atoms with van der Waals surface area (Å²) in [5, 5.41) is 12.2. The SMILES string of the molecule is CC(C)(CO)C(N)=CC(=O)NC(=O)[C@@H]1CCN1c1ccc(Cl)cc1. The normalized spacial score (nSPS) is 18.1. The summed E-state index contributed by atoms with van der Waals surface area (Å²) in [6.07, 6.45) is 1.82. The van der Waals surface area contributed by atoms with Gasteiger partial charge in [0, 0.05) is 34.4 Å². The molecule has 1 aliphatic heterocycles. The van der Waals surface area contributed by atoms with Crippen LogP contribution in [0.25, 0.3) is 0 Å². The summed E-state index contributed by atoms with van der Waals surface area (Å²) < 4.78 is 0. The average Bonchev–Trinajstić information content (AvgIpc) is 2.47. The number of benzene rings is 1. The van der Waals surface area contributed by atoms with Crippen LogP contribution >= 0.6 is 11.6 Å². The van der Waals surface area contributed by atoms with Gasteiger partial charge in [0.25, 0.3) is 5.91 Å². The fourth-order valence-electron chi connectivity index (χ4n) is 2.27. The molecule has 0 aliphatic carbocycles. The Kier molecular flexibility index (Phi) is 5.51. The van der Waals surface area contributed by atoms with Crippen molar-refractivity contribution < 1.29 is 14.7 Å². The second kappa shape index (κ2) is 7.23. The molecule has 1 aliphatic rings. The highest BCUT2D eigenvalue weighted by molar-refractivity contribution is 6.30. The van der Waals surface area contributed by atoms with E-state index in [-0.39, 0.29) is 18.2 Å². The van der Waals surface area contributed by atoms with E-state index < -0.39 is 17.4 Å². The Morgan fingerprint density at radius 1 is 1.42 bits per heavy atom. The molecule has 130 valence electrons. The van der Waals surface area contributed by atoms with Gasteiger partial charge in [-0.05, 0) is 30.7 Å². The second-order valence-electron chi connectivity index (χ2n) is 6.47. The van der Waals surface area contributed by atoms with Crippen molar-refractivity contribution in [3.63, 3.8) is 0 Å². The van der Waals surface area contributed by atoms with Crippen molar-refractivity contribution in [1.82, 2.24) is 5.32 Å². The van der Waals surface area contributed by atoms with Crippen molar-refractivity contribution in [3.8, 4) is 0 Å². The lowest BCUT2D eigenvalue weighted by Crippen LogP contribution is -2.57. The highest BCUT2D eigenvalue weighted by Gasteiger charge is 2.35. The smallest absolute Gasteiger partial charge is 0.252 e. The summed E-state index contributed by atoms with van der Waals surface area (Å²) >= 11 is 5.86. The molecule has 1 fully saturated rings. The molecule has 0 saturated carbocycles. The number of aliphatic hydroxyl groups is 1. The number of imide groups is 1. The van der Waals surface area contributed by atoms with E-state index >= 15 is 0 Å². The van der Waals surface area contributed by atoms with Gasteiger partial charge in [-0.2, -0.15) is 0 Å². The summed E-state index contributed by atoms with van der Waals surface area (Å²) in [6.45, 7) is 3.97. The van der Waals surface area contributed by atoms with Gasteiger partial charge in [-0.25, -0.2) is 0 Å². The topological polar surface area (TPSA) is 95.7 Å². The van der Waals surface area contributed by atoms with Crippen LogP contribution in [-0.4, -0.2) is 36.1 Å². The van der Waals surface area contributed by atoms with Gasteiger partial charge < -0.3 is 15.7 Å². The molecule has 0 radical (unpaired) electrons. The largest absolute Gasteiger partial charge is 0.401 e. The number of hydrogen-bond donors (Lipinski definition) is 3. The van der Waals surface area contributed by atoms with Gasteiger partial charge in [0.1, 0.15) is 6.04 Å². The number of carbonyl (C=O) groups is 2. The maximum Gasteiger partial charge on any atom is 0.252 e. The summed E-state index contributed by atoms with van der Waals surface area (Å²) in [5.74, 6) is -0.950. The second-order valence-corrected chi connectivity index (χ2v) is 6.91. The van der Waals surface area contributed by atoms with E-state index in [4.69, 9.17) is 17.3 Å². The standard InChI is InChI=1S/C17H22ClN3O3/c1-17(2,10-22)14(19)9-15(23)20-16(24)13-7-8-21(13)12-5-3-11(18)4-6-12/h3-6,9,13,22H,7-8,10,19H2,1-2H3,(H,20,23,24)/t13-/m0/s1. The zero-order valence-electron chi connectivity index (χ0n) is 13.8. The maximum atomic E-state index is 12.3. The molecule has 7 heteroatoms. The number of rotatable bonds is 5. The Hall–Kier alpha value is -2.05. The molecule has 6 nitrogen and oxygen atoms in total. The van der Waals surface area contributed by atoms with Crippen molar-refractivity contribution >= 4 is 29.1 Å². The maximum absolute atomic E-state index is 12.3. The van der Waals surface area contributed by atoms with Crippen molar-refractivity contribution in [2.24, 2.45) is 11.1 Å². The molecule has 0 bridgehead atoms. The van der Waals surface area contributed by atoms with Crippen LogP contribution in [0.5, 0.6) is 0 Å². The van der Waals surface area contributed by atoms with Crippen LogP contribution in [0.4, 0.5) is 5.69 Å². The van der Waals surface area contributed by atoms with Crippen molar-refractivity contribution in [2.75, 3.05) is 18.1 Å². The molecule has 2 amide bonds. The third-order valence-electron chi connectivity index (χ3n) is 4.19. The highest BCUT2D eigenvalue weighted by atomic mass is 35.5. The van der Waals surface area contributed by atoms with Gasteiger partial charge in [-0.15, -0.1) is 0 Å². The lowest BCUT2D eigenvalue weighted by Gasteiger charge is -2.41. The first-order chi connectivity index (χ1) is 11.2. The Balaban J connectivity index is 1.98. The predicted octanol–water partition coefficient (Wildman–Crippen LogP) is 1.42. The van der Waals surface area contributed by atoms with Gasteiger partial charge in [-0.1, -0.05) is 25.4 Å². The fourth-order valence-corrected chi connectivity index (χ4v) is 2.40. The number of hydrogen-bond acceptors (Lipinski definition) is 5. The number of anilines is 1. The van der Waals surface area contributed by atoms with Crippen LogP contribution in [0.1, 0.15) is 20.3 Å². The first-order valence-electron chi connectivity index (χ1n) is 7.70. The number of amides is 2. The average molecular weight is 352 g/mol. The molecule has 4 N–H and O–H groups in total. The molecule has 1 saturated heterocycles. The minimum Gasteiger partial charge on any atom is -0.401 e.